The number of carbonyl (C=O) groups is 1. The monoisotopic (exact) mass is 452 g/mol. The van der Waals surface area contributed by atoms with Gasteiger partial charge in [-0.1, -0.05) is 17.8 Å². The second-order valence-corrected chi connectivity index (χ2v) is 9.01. The van der Waals surface area contributed by atoms with E-state index in [1.54, 1.807) is 35.9 Å². The first-order valence-electron chi connectivity index (χ1n) is 9.62. The van der Waals surface area contributed by atoms with Gasteiger partial charge in [0.1, 0.15) is 17.9 Å². The minimum Gasteiger partial charge on any atom is -0.481 e. The van der Waals surface area contributed by atoms with Gasteiger partial charge in [-0.2, -0.15) is 4.98 Å². The summed E-state index contributed by atoms with van der Waals surface area (Å²) in [6.45, 7) is 0.642. The summed E-state index contributed by atoms with van der Waals surface area (Å²) in [6, 6.07) is 6.31. The molecule has 0 atom stereocenters. The van der Waals surface area contributed by atoms with Crippen LogP contribution >= 0.6 is 23.5 Å². The molecule has 9 nitrogen and oxygen atoms in total. The predicted molar refractivity (Wildman–Crippen MR) is 117 cm³/mol. The van der Waals surface area contributed by atoms with E-state index in [2.05, 4.69) is 53.0 Å². The fourth-order valence-corrected chi connectivity index (χ4v) is 5.16. The smallest absolute Gasteiger partial charge is 0.303 e. The van der Waals surface area contributed by atoms with Crippen molar-refractivity contribution in [2.24, 2.45) is 0 Å². The summed E-state index contributed by atoms with van der Waals surface area (Å²) >= 11 is 3.15. The molecule has 3 N–H and O–H groups in total. The van der Waals surface area contributed by atoms with E-state index in [1.165, 1.54) is 6.33 Å². The zero-order chi connectivity index (χ0) is 21.2. The molecule has 4 aromatic rings. The van der Waals surface area contributed by atoms with Gasteiger partial charge in [-0.15, -0.1) is 11.8 Å². The van der Waals surface area contributed by atoms with Crippen LogP contribution in [0.15, 0.2) is 58.2 Å². The van der Waals surface area contributed by atoms with Crippen LogP contribution in [-0.4, -0.2) is 41.7 Å². The third-order valence-corrected chi connectivity index (χ3v) is 6.86. The highest BCUT2D eigenvalue weighted by Gasteiger charge is 2.20. The average molecular weight is 453 g/mol. The SMILES string of the molecule is O=C(O)CCCSc1ncnc2[nH]c[n+](Cc3ccc4c(c3)Nc3nccnc3S4)c12. The van der Waals surface area contributed by atoms with Gasteiger partial charge in [-0.05, 0) is 24.1 Å². The van der Waals surface area contributed by atoms with E-state index in [0.29, 0.717) is 18.7 Å². The second kappa shape index (κ2) is 8.52. The van der Waals surface area contributed by atoms with Crippen LogP contribution in [0.5, 0.6) is 0 Å². The van der Waals surface area contributed by atoms with E-state index >= 15 is 0 Å². The lowest BCUT2D eigenvalue weighted by atomic mass is 10.2. The van der Waals surface area contributed by atoms with Crippen molar-refractivity contribution in [1.29, 1.82) is 0 Å². The molecular weight excluding hydrogens is 434 g/mol. The maximum atomic E-state index is 10.8. The Morgan fingerprint density at radius 3 is 3.00 bits per heavy atom. The molecule has 0 radical (unpaired) electrons. The molecule has 0 saturated heterocycles. The number of aromatic amines is 1. The number of nitrogens with zero attached hydrogens (tertiary/aromatic N) is 5. The van der Waals surface area contributed by atoms with E-state index in [0.717, 1.165) is 43.2 Å². The third-order valence-electron chi connectivity index (χ3n) is 4.73. The summed E-state index contributed by atoms with van der Waals surface area (Å²) in [5, 5.41) is 13.9. The fourth-order valence-electron chi connectivity index (χ4n) is 3.33. The van der Waals surface area contributed by atoms with Crippen molar-refractivity contribution in [2.45, 2.75) is 34.3 Å². The molecule has 31 heavy (non-hydrogen) atoms. The maximum absolute atomic E-state index is 10.8. The van der Waals surface area contributed by atoms with Crippen LogP contribution in [0, 0.1) is 0 Å². The average Bonchev–Trinajstić information content (AvgIpc) is 3.18. The van der Waals surface area contributed by atoms with Crippen molar-refractivity contribution in [3.05, 3.63) is 48.8 Å². The van der Waals surface area contributed by atoms with Crippen molar-refractivity contribution in [3.63, 3.8) is 0 Å². The summed E-state index contributed by atoms with van der Waals surface area (Å²) in [7, 11) is 0. The Kier molecular flexibility index (Phi) is 5.43. The van der Waals surface area contributed by atoms with Crippen LogP contribution in [0.3, 0.4) is 0 Å². The molecular formula is C20H18N7O2S2+. The zero-order valence-corrected chi connectivity index (χ0v) is 17.9. The van der Waals surface area contributed by atoms with Crippen molar-refractivity contribution in [2.75, 3.05) is 11.1 Å². The first-order valence-corrected chi connectivity index (χ1v) is 11.4. The van der Waals surface area contributed by atoms with Gasteiger partial charge in [0.2, 0.25) is 11.8 Å². The molecule has 0 unspecified atom stereocenters. The van der Waals surface area contributed by atoms with Crippen LogP contribution in [0.25, 0.3) is 11.2 Å². The molecule has 0 saturated carbocycles. The van der Waals surface area contributed by atoms with Gasteiger partial charge < -0.3 is 10.4 Å². The molecule has 0 amide bonds. The molecule has 156 valence electrons. The summed E-state index contributed by atoms with van der Waals surface area (Å²) in [5.74, 6) is 0.674. The predicted octanol–water partition coefficient (Wildman–Crippen LogP) is 3.25. The number of anilines is 2. The summed E-state index contributed by atoms with van der Waals surface area (Å²) in [6.07, 6.45) is 7.54. The van der Waals surface area contributed by atoms with E-state index in [1.807, 2.05) is 6.33 Å². The van der Waals surface area contributed by atoms with E-state index < -0.39 is 5.97 Å². The number of aromatic nitrogens is 6. The van der Waals surface area contributed by atoms with E-state index in [-0.39, 0.29) is 6.42 Å². The molecule has 3 aromatic heterocycles. The van der Waals surface area contributed by atoms with Gasteiger partial charge in [0, 0.05) is 29.5 Å². The number of thioether (sulfide) groups is 1. The van der Waals surface area contributed by atoms with Crippen molar-refractivity contribution < 1.29 is 14.5 Å². The molecule has 1 aliphatic heterocycles. The third kappa shape index (κ3) is 4.19. The normalized spacial score (nSPS) is 12.3. The number of carboxylic acids is 1. The number of aliphatic carboxylic acids is 1. The highest BCUT2D eigenvalue weighted by molar-refractivity contribution is 7.99. The van der Waals surface area contributed by atoms with Crippen molar-refractivity contribution in [1.82, 2.24) is 24.9 Å². The van der Waals surface area contributed by atoms with Crippen LogP contribution in [0.1, 0.15) is 18.4 Å². The molecule has 11 heteroatoms. The molecule has 0 aliphatic carbocycles. The molecule has 4 heterocycles. The first-order chi connectivity index (χ1) is 15.2. The minimum atomic E-state index is -0.780. The first kappa shape index (κ1) is 19.8. The highest BCUT2D eigenvalue weighted by atomic mass is 32.2. The van der Waals surface area contributed by atoms with Crippen LogP contribution in [0.4, 0.5) is 11.5 Å². The number of H-pyrrole nitrogens is 1. The summed E-state index contributed by atoms with van der Waals surface area (Å²) in [4.78, 5) is 32.5. The van der Waals surface area contributed by atoms with Crippen molar-refractivity contribution in [3.8, 4) is 0 Å². The molecule has 1 aliphatic rings. The Morgan fingerprint density at radius 1 is 1.19 bits per heavy atom. The molecule has 1 aromatic carbocycles. The van der Waals surface area contributed by atoms with Gasteiger partial charge in [-0.3, -0.25) is 4.79 Å². The Balaban J connectivity index is 1.38. The van der Waals surface area contributed by atoms with Gasteiger partial charge in [0.15, 0.2) is 10.8 Å². The lowest BCUT2D eigenvalue weighted by Gasteiger charge is -2.19. The highest BCUT2D eigenvalue weighted by Crippen LogP contribution is 2.42. The number of fused-ring (bicyclic) bond motifs is 3. The molecule has 0 spiro atoms. The van der Waals surface area contributed by atoms with E-state index in [4.69, 9.17) is 5.11 Å². The van der Waals surface area contributed by atoms with Gasteiger partial charge in [0.25, 0.3) is 5.65 Å². The number of carboxylic acid groups (broad SMARTS) is 1. The van der Waals surface area contributed by atoms with Crippen molar-refractivity contribution >= 4 is 52.2 Å². The Labute approximate surface area is 185 Å². The minimum absolute atomic E-state index is 0.155. The van der Waals surface area contributed by atoms with Crippen LogP contribution in [0.2, 0.25) is 0 Å². The standard InChI is InChI=1S/C20H17N7O2S2/c28-15(29)2-1-7-30-19-16-17(23-10-24-19)25-11-27(16)9-12-3-4-14-13(8-12)26-18-20(31-14)22-6-5-21-18/h3-6,8,10-11H,1-2,7,9H2,(H2,21,26,28,29)/p+1. The number of hydrogen-bond acceptors (Lipinski definition) is 8. The number of nitrogens with one attached hydrogen (secondary N) is 2. The maximum Gasteiger partial charge on any atom is 0.303 e. The molecule has 0 bridgehead atoms. The lowest BCUT2D eigenvalue weighted by molar-refractivity contribution is -0.663. The van der Waals surface area contributed by atoms with Crippen LogP contribution < -0.4 is 9.88 Å². The molecule has 5 rings (SSSR count). The zero-order valence-electron chi connectivity index (χ0n) is 16.3. The van der Waals surface area contributed by atoms with E-state index in [9.17, 15) is 4.79 Å². The number of rotatable bonds is 7. The quantitative estimate of drug-likeness (QED) is 0.148. The van der Waals surface area contributed by atoms with Gasteiger partial charge >= 0.3 is 5.97 Å². The molecule has 0 fully saturated rings. The Bertz CT molecular complexity index is 1280. The number of hydrogen-bond donors (Lipinski definition) is 3. The number of imidazole rings is 1. The topological polar surface area (TPSA) is 121 Å². The Morgan fingerprint density at radius 2 is 2.10 bits per heavy atom. The Hall–Kier alpha value is -3.18. The summed E-state index contributed by atoms with van der Waals surface area (Å²) in [5.41, 5.74) is 3.80. The fraction of sp³-hybridized carbons (Fsp3) is 0.200. The van der Waals surface area contributed by atoms with Gasteiger partial charge in [-0.25, -0.2) is 24.5 Å². The van der Waals surface area contributed by atoms with Crippen LogP contribution in [-0.2, 0) is 11.3 Å². The summed E-state index contributed by atoms with van der Waals surface area (Å²) < 4.78 is 2.08. The number of benzene rings is 1. The largest absolute Gasteiger partial charge is 0.481 e. The second-order valence-electron chi connectivity index (χ2n) is 6.89. The van der Waals surface area contributed by atoms with Gasteiger partial charge in [0.05, 0.1) is 5.69 Å². The lowest BCUT2D eigenvalue weighted by Crippen LogP contribution is -2.33.